The van der Waals surface area contributed by atoms with E-state index in [4.69, 9.17) is 4.74 Å². The Labute approximate surface area is 262 Å². The largest absolute Gasteiger partial charge is 0.457 e. The topological polar surface area (TPSA) is 105 Å². The van der Waals surface area contributed by atoms with Gasteiger partial charge in [-0.15, -0.1) is 0 Å². The zero-order valence-electron chi connectivity index (χ0n) is 25.2. The third-order valence-electron chi connectivity index (χ3n) is 8.83. The number of likely N-dealkylation sites (tertiary alicyclic amines) is 2. The number of hydrogen-bond acceptors (Lipinski definition) is 6. The minimum atomic E-state index is -0.253. The van der Waals surface area contributed by atoms with Gasteiger partial charge in [0.2, 0.25) is 11.8 Å². The van der Waals surface area contributed by atoms with E-state index in [1.807, 2.05) is 77.4 Å². The van der Waals surface area contributed by atoms with Crippen molar-refractivity contribution in [2.75, 3.05) is 13.1 Å². The zero-order valence-corrected chi connectivity index (χ0v) is 25.2. The lowest BCUT2D eigenvalue weighted by molar-refractivity contribution is -0.129. The number of nitrogens with one attached hydrogen (secondary N) is 1. The van der Waals surface area contributed by atoms with Crippen LogP contribution >= 0.6 is 0 Å². The molecule has 3 amide bonds. The Morgan fingerprint density at radius 3 is 2.42 bits per heavy atom. The van der Waals surface area contributed by atoms with Gasteiger partial charge >= 0.3 is 0 Å². The Balaban J connectivity index is 1.11. The molecule has 0 radical (unpaired) electrons. The Morgan fingerprint density at radius 2 is 1.69 bits per heavy atom. The van der Waals surface area contributed by atoms with Gasteiger partial charge in [0.1, 0.15) is 11.5 Å². The van der Waals surface area contributed by atoms with Crippen LogP contribution in [0.4, 0.5) is 0 Å². The van der Waals surface area contributed by atoms with Crippen LogP contribution in [0.5, 0.6) is 11.5 Å². The number of hydrogen-bond donors (Lipinski definition) is 1. The summed E-state index contributed by atoms with van der Waals surface area (Å²) in [6.07, 6.45) is 2.86. The summed E-state index contributed by atoms with van der Waals surface area (Å²) in [5.74, 6) is 1.17. The van der Waals surface area contributed by atoms with E-state index in [9.17, 15) is 14.4 Å². The van der Waals surface area contributed by atoms with E-state index < -0.39 is 0 Å². The molecule has 9 nitrogen and oxygen atoms in total. The van der Waals surface area contributed by atoms with Crippen molar-refractivity contribution in [1.29, 1.82) is 0 Å². The molecule has 1 aliphatic carbocycles. The summed E-state index contributed by atoms with van der Waals surface area (Å²) in [6, 6.07) is 27.0. The molecule has 1 N–H and O–H groups in total. The van der Waals surface area contributed by atoms with Crippen molar-refractivity contribution in [2.24, 2.45) is 0 Å². The van der Waals surface area contributed by atoms with Crippen LogP contribution in [-0.2, 0) is 16.1 Å². The fourth-order valence-electron chi connectivity index (χ4n) is 6.21. The summed E-state index contributed by atoms with van der Waals surface area (Å²) in [5.41, 5.74) is 4.91. The lowest BCUT2D eigenvalue weighted by atomic mass is 9.98. The highest BCUT2D eigenvalue weighted by Gasteiger charge is 2.40. The van der Waals surface area contributed by atoms with Crippen molar-refractivity contribution in [2.45, 2.75) is 57.2 Å². The van der Waals surface area contributed by atoms with Gasteiger partial charge in [0.05, 0.1) is 17.4 Å². The molecule has 2 saturated heterocycles. The zero-order chi connectivity index (χ0) is 30.9. The van der Waals surface area contributed by atoms with Gasteiger partial charge in [0.15, 0.2) is 0 Å². The number of nitrogens with zero attached hydrogens (tertiary/aromatic N) is 4. The maximum atomic E-state index is 13.4. The third kappa shape index (κ3) is 6.43. The number of benzene rings is 3. The number of amides is 3. The van der Waals surface area contributed by atoms with Crippen molar-refractivity contribution >= 4 is 17.7 Å². The Bertz CT molecular complexity index is 1720. The number of carbonyl (C=O) groups excluding carboxylic acids is 3. The first-order chi connectivity index (χ1) is 21.9. The first-order valence-electron chi connectivity index (χ1n) is 15.5. The standard InChI is InChI=1S/C36H35N5O4/c1-23-7-16-32(39-38-23)25-10-14-31(15-11-25)45-33-17-26(36(44)37-29-19-35(43)41(22-29)30-12-13-30)8-9-27(33)20-40-21-28(18-34(40)42)24-5-3-2-4-6-24/h2-11,14-17,28-30H,12-13,18-22H2,1H3,(H,37,44)/t28-,29+/m1/s1. The van der Waals surface area contributed by atoms with Crippen LogP contribution in [0.25, 0.3) is 11.3 Å². The molecule has 3 aliphatic rings. The first-order valence-corrected chi connectivity index (χ1v) is 15.5. The van der Waals surface area contributed by atoms with Crippen LogP contribution in [0, 0.1) is 6.92 Å². The van der Waals surface area contributed by atoms with E-state index in [1.165, 1.54) is 0 Å². The molecule has 2 atom stereocenters. The lowest BCUT2D eigenvalue weighted by Crippen LogP contribution is -2.37. The van der Waals surface area contributed by atoms with E-state index in [0.29, 0.717) is 55.6 Å². The quantitative estimate of drug-likeness (QED) is 0.281. The van der Waals surface area contributed by atoms with Gasteiger partial charge in [-0.1, -0.05) is 36.4 Å². The molecule has 0 spiro atoms. The molecule has 228 valence electrons. The van der Waals surface area contributed by atoms with Gasteiger partial charge in [-0.25, -0.2) is 0 Å². The third-order valence-corrected chi connectivity index (χ3v) is 8.83. The van der Waals surface area contributed by atoms with E-state index >= 15 is 0 Å². The van der Waals surface area contributed by atoms with Gasteiger partial charge in [-0.3, -0.25) is 14.4 Å². The van der Waals surface area contributed by atoms with Crippen LogP contribution in [0.2, 0.25) is 0 Å². The highest BCUT2D eigenvalue weighted by molar-refractivity contribution is 5.95. The predicted molar refractivity (Wildman–Crippen MR) is 169 cm³/mol. The molecule has 0 unspecified atom stereocenters. The van der Waals surface area contributed by atoms with Crippen LogP contribution in [-0.4, -0.2) is 62.9 Å². The number of carbonyl (C=O) groups is 3. The molecular weight excluding hydrogens is 566 g/mol. The smallest absolute Gasteiger partial charge is 0.251 e. The second kappa shape index (κ2) is 12.1. The van der Waals surface area contributed by atoms with Crippen molar-refractivity contribution in [3.8, 4) is 22.8 Å². The molecule has 4 aromatic rings. The molecule has 1 aromatic heterocycles. The molecular formula is C36H35N5O4. The highest BCUT2D eigenvalue weighted by Crippen LogP contribution is 2.34. The number of aromatic nitrogens is 2. The van der Waals surface area contributed by atoms with Crippen molar-refractivity contribution < 1.29 is 19.1 Å². The van der Waals surface area contributed by atoms with Gasteiger partial charge in [0.25, 0.3) is 5.91 Å². The summed E-state index contributed by atoms with van der Waals surface area (Å²) in [7, 11) is 0. The van der Waals surface area contributed by atoms with Crippen LogP contribution in [0.15, 0.2) is 84.9 Å². The predicted octanol–water partition coefficient (Wildman–Crippen LogP) is 5.25. The average Bonchev–Trinajstić information content (AvgIpc) is 3.74. The second-order valence-corrected chi connectivity index (χ2v) is 12.2. The Hall–Kier alpha value is -5.05. The van der Waals surface area contributed by atoms with Crippen LogP contribution in [0.3, 0.4) is 0 Å². The highest BCUT2D eigenvalue weighted by atomic mass is 16.5. The summed E-state index contributed by atoms with van der Waals surface area (Å²) in [6.45, 7) is 3.43. The van der Waals surface area contributed by atoms with E-state index in [0.717, 1.165) is 40.9 Å². The summed E-state index contributed by atoms with van der Waals surface area (Å²) in [5, 5.41) is 11.5. The fourth-order valence-corrected chi connectivity index (χ4v) is 6.21. The Morgan fingerprint density at radius 1 is 0.889 bits per heavy atom. The molecule has 0 bridgehead atoms. The second-order valence-electron chi connectivity index (χ2n) is 12.2. The number of rotatable bonds is 9. The molecule has 1 saturated carbocycles. The molecule has 3 fully saturated rings. The van der Waals surface area contributed by atoms with Gasteiger partial charge < -0.3 is 19.9 Å². The minimum Gasteiger partial charge on any atom is -0.457 e. The maximum Gasteiger partial charge on any atom is 0.251 e. The average molecular weight is 602 g/mol. The van der Waals surface area contributed by atoms with E-state index in [2.05, 4.69) is 27.6 Å². The van der Waals surface area contributed by atoms with Gasteiger partial charge in [0, 0.05) is 61.1 Å². The fraction of sp³-hybridized carbons (Fsp3) is 0.306. The van der Waals surface area contributed by atoms with E-state index in [-0.39, 0.29) is 29.7 Å². The van der Waals surface area contributed by atoms with Crippen LogP contribution in [0.1, 0.15) is 58.8 Å². The molecule has 3 aromatic carbocycles. The van der Waals surface area contributed by atoms with Crippen molar-refractivity contribution in [3.63, 3.8) is 0 Å². The maximum absolute atomic E-state index is 13.4. The SMILES string of the molecule is Cc1ccc(-c2ccc(Oc3cc(C(=O)N[C@H]4CC(=O)N(C5CC5)C4)ccc3CN3C[C@H](c4ccccc4)CC3=O)cc2)nn1. The molecule has 7 rings (SSSR count). The van der Waals surface area contributed by atoms with E-state index in [1.54, 1.807) is 12.1 Å². The van der Waals surface area contributed by atoms with Gasteiger partial charge in [-0.2, -0.15) is 10.2 Å². The minimum absolute atomic E-state index is 0.0892. The lowest BCUT2D eigenvalue weighted by Gasteiger charge is -2.20. The normalized spacial score (nSPS) is 19.7. The molecule has 2 aliphatic heterocycles. The summed E-state index contributed by atoms with van der Waals surface area (Å²) < 4.78 is 6.39. The molecule has 45 heavy (non-hydrogen) atoms. The van der Waals surface area contributed by atoms with Gasteiger partial charge in [-0.05, 0) is 73.9 Å². The monoisotopic (exact) mass is 601 g/mol. The Kier molecular flexibility index (Phi) is 7.75. The van der Waals surface area contributed by atoms with Crippen LogP contribution < -0.4 is 10.1 Å². The molecule has 3 heterocycles. The van der Waals surface area contributed by atoms with Crippen molar-refractivity contribution in [3.05, 3.63) is 107 Å². The van der Waals surface area contributed by atoms with Crippen molar-refractivity contribution in [1.82, 2.24) is 25.3 Å². The summed E-state index contributed by atoms with van der Waals surface area (Å²) in [4.78, 5) is 42.6. The first kappa shape index (κ1) is 28.7. The number of aryl methyl sites for hydroxylation is 1. The summed E-state index contributed by atoms with van der Waals surface area (Å²) >= 11 is 0. The molecule has 9 heteroatoms. The number of ether oxygens (including phenoxy) is 1.